The van der Waals surface area contributed by atoms with Crippen LogP contribution in [-0.4, -0.2) is 22.6 Å². The minimum atomic E-state index is -0.267. The molecular formula is C17H29N3O. The van der Waals surface area contributed by atoms with Crippen molar-refractivity contribution in [2.75, 3.05) is 6.61 Å². The molecule has 0 aliphatic heterocycles. The van der Waals surface area contributed by atoms with E-state index >= 15 is 0 Å². The lowest BCUT2D eigenvalue weighted by molar-refractivity contribution is -0.0624. The van der Waals surface area contributed by atoms with Crippen LogP contribution >= 0.6 is 0 Å². The number of nitrogens with zero attached hydrogens (tertiary/aromatic N) is 2. The van der Waals surface area contributed by atoms with Gasteiger partial charge in [0.25, 0.3) is 0 Å². The van der Waals surface area contributed by atoms with Gasteiger partial charge >= 0.3 is 0 Å². The van der Waals surface area contributed by atoms with Crippen LogP contribution in [0.3, 0.4) is 0 Å². The van der Waals surface area contributed by atoms with Gasteiger partial charge in [-0.25, -0.2) is 9.97 Å². The van der Waals surface area contributed by atoms with Crippen molar-refractivity contribution >= 4 is 0 Å². The molecule has 0 amide bonds. The highest BCUT2D eigenvalue weighted by Gasteiger charge is 2.36. The van der Waals surface area contributed by atoms with Gasteiger partial charge in [-0.2, -0.15) is 0 Å². The molecule has 1 atom stereocenters. The largest absolute Gasteiger partial charge is 0.367 e. The quantitative estimate of drug-likeness (QED) is 0.817. The molecule has 1 fully saturated rings. The van der Waals surface area contributed by atoms with Crippen molar-refractivity contribution in [3.8, 4) is 0 Å². The lowest BCUT2D eigenvalue weighted by Crippen LogP contribution is -2.32. The zero-order valence-corrected chi connectivity index (χ0v) is 13.5. The third kappa shape index (κ3) is 4.24. The van der Waals surface area contributed by atoms with Crippen LogP contribution in [0, 0.1) is 0 Å². The number of nitrogens with two attached hydrogens (primary N) is 1. The fourth-order valence-electron chi connectivity index (χ4n) is 3.15. The fourth-order valence-corrected chi connectivity index (χ4v) is 3.15. The summed E-state index contributed by atoms with van der Waals surface area (Å²) in [4.78, 5) is 9.26. The summed E-state index contributed by atoms with van der Waals surface area (Å²) in [6.07, 6.45) is 12.7. The second kappa shape index (κ2) is 7.85. The number of rotatable bonds is 6. The van der Waals surface area contributed by atoms with E-state index in [9.17, 15) is 0 Å². The third-order valence-electron chi connectivity index (χ3n) is 4.47. The molecule has 1 aliphatic carbocycles. The minimum Gasteiger partial charge on any atom is -0.367 e. The Morgan fingerprint density at radius 3 is 2.29 bits per heavy atom. The van der Waals surface area contributed by atoms with Crippen molar-refractivity contribution < 1.29 is 4.74 Å². The molecule has 0 aromatic carbocycles. The minimum absolute atomic E-state index is 0.193. The average molecular weight is 291 g/mol. The molecule has 21 heavy (non-hydrogen) atoms. The van der Waals surface area contributed by atoms with Crippen molar-refractivity contribution in [1.29, 1.82) is 0 Å². The van der Waals surface area contributed by atoms with Crippen LogP contribution in [0.25, 0.3) is 0 Å². The Balaban J connectivity index is 2.16. The lowest BCUT2D eigenvalue weighted by atomic mass is 9.93. The van der Waals surface area contributed by atoms with E-state index in [4.69, 9.17) is 10.5 Å². The van der Waals surface area contributed by atoms with Gasteiger partial charge < -0.3 is 10.5 Å². The number of hydrogen-bond donors (Lipinski definition) is 1. The summed E-state index contributed by atoms with van der Waals surface area (Å²) < 4.78 is 6.13. The topological polar surface area (TPSA) is 61.0 Å². The van der Waals surface area contributed by atoms with Crippen molar-refractivity contribution in [2.24, 2.45) is 5.73 Å². The summed E-state index contributed by atoms with van der Waals surface area (Å²) >= 11 is 0. The molecular weight excluding hydrogens is 262 g/mol. The van der Waals surface area contributed by atoms with Gasteiger partial charge in [-0.15, -0.1) is 0 Å². The van der Waals surface area contributed by atoms with Gasteiger partial charge in [-0.05, 0) is 38.2 Å². The van der Waals surface area contributed by atoms with Crippen molar-refractivity contribution in [2.45, 2.75) is 76.9 Å². The molecule has 1 heterocycles. The zero-order chi connectivity index (χ0) is 15.1. The monoisotopic (exact) mass is 291 g/mol. The van der Waals surface area contributed by atoms with Gasteiger partial charge in [-0.1, -0.05) is 32.6 Å². The van der Waals surface area contributed by atoms with E-state index < -0.39 is 0 Å². The Bertz CT molecular complexity index is 411. The molecule has 0 spiro atoms. The Labute approximate surface area is 128 Å². The first-order valence-electron chi connectivity index (χ1n) is 8.41. The number of aromatic nitrogens is 2. The molecule has 1 aromatic rings. The molecule has 2 rings (SSSR count). The Kier molecular flexibility index (Phi) is 6.12. The highest BCUT2D eigenvalue weighted by Crippen LogP contribution is 2.37. The normalized spacial score (nSPS) is 20.0. The van der Waals surface area contributed by atoms with Crippen LogP contribution in [-0.2, 0) is 16.8 Å². The molecule has 1 aromatic heterocycles. The molecule has 0 radical (unpaired) electrons. The fraction of sp³-hybridized carbons (Fsp3) is 0.765. The molecule has 2 N–H and O–H groups in total. The molecule has 1 saturated carbocycles. The predicted octanol–water partition coefficient (Wildman–Crippen LogP) is 3.34. The molecule has 1 unspecified atom stereocenters. The average Bonchev–Trinajstić information content (AvgIpc) is 2.75. The molecule has 0 saturated heterocycles. The van der Waals surface area contributed by atoms with Gasteiger partial charge in [0.2, 0.25) is 0 Å². The molecule has 4 heteroatoms. The molecule has 118 valence electrons. The van der Waals surface area contributed by atoms with Gasteiger partial charge in [0, 0.05) is 25.0 Å². The first kappa shape index (κ1) is 16.4. The first-order chi connectivity index (χ1) is 10.2. The van der Waals surface area contributed by atoms with E-state index in [-0.39, 0.29) is 11.6 Å². The van der Waals surface area contributed by atoms with E-state index in [1.54, 1.807) is 0 Å². The maximum absolute atomic E-state index is 6.13. The molecule has 4 nitrogen and oxygen atoms in total. The van der Waals surface area contributed by atoms with Crippen LogP contribution in [0.1, 0.15) is 70.2 Å². The van der Waals surface area contributed by atoms with Crippen molar-refractivity contribution in [1.82, 2.24) is 9.97 Å². The highest BCUT2D eigenvalue weighted by atomic mass is 16.5. The lowest BCUT2D eigenvalue weighted by Gasteiger charge is -2.31. The van der Waals surface area contributed by atoms with E-state index in [1.807, 2.05) is 12.4 Å². The summed E-state index contributed by atoms with van der Waals surface area (Å²) in [5.74, 6) is 0.861. The Morgan fingerprint density at radius 1 is 1.14 bits per heavy atom. The van der Waals surface area contributed by atoms with E-state index in [0.717, 1.165) is 37.1 Å². The first-order valence-corrected chi connectivity index (χ1v) is 8.41. The van der Waals surface area contributed by atoms with E-state index in [0.29, 0.717) is 6.61 Å². The summed E-state index contributed by atoms with van der Waals surface area (Å²) in [5, 5.41) is 0. The second-order valence-electron chi connectivity index (χ2n) is 6.13. The zero-order valence-electron chi connectivity index (χ0n) is 13.5. The smallest absolute Gasteiger partial charge is 0.160 e. The van der Waals surface area contributed by atoms with E-state index in [1.165, 1.54) is 25.7 Å². The maximum Gasteiger partial charge on any atom is 0.160 e. The summed E-state index contributed by atoms with van der Waals surface area (Å²) in [6.45, 7) is 4.88. The molecule has 0 bridgehead atoms. The second-order valence-corrected chi connectivity index (χ2v) is 6.13. The van der Waals surface area contributed by atoms with Crippen LogP contribution in [0.4, 0.5) is 0 Å². The SMILES string of the molecule is CCOC1(c2ncc(CC(N)CC)cn2)CCCCCC1. The third-order valence-corrected chi connectivity index (χ3v) is 4.47. The summed E-state index contributed by atoms with van der Waals surface area (Å²) in [5.41, 5.74) is 6.85. The van der Waals surface area contributed by atoms with Crippen LogP contribution in [0.5, 0.6) is 0 Å². The van der Waals surface area contributed by atoms with Crippen molar-refractivity contribution in [3.05, 3.63) is 23.8 Å². The summed E-state index contributed by atoms with van der Waals surface area (Å²) in [6, 6.07) is 0.193. The summed E-state index contributed by atoms with van der Waals surface area (Å²) in [7, 11) is 0. The van der Waals surface area contributed by atoms with E-state index in [2.05, 4.69) is 23.8 Å². The standard InChI is InChI=1S/C17H29N3O/c1-3-15(18)11-14-12-19-16(20-13-14)17(21-4-2)9-7-5-6-8-10-17/h12-13,15H,3-11,18H2,1-2H3. The Morgan fingerprint density at radius 2 is 1.76 bits per heavy atom. The Hall–Kier alpha value is -1.00. The maximum atomic E-state index is 6.13. The van der Waals surface area contributed by atoms with Crippen LogP contribution in [0.2, 0.25) is 0 Å². The predicted molar refractivity (Wildman–Crippen MR) is 85.0 cm³/mol. The van der Waals surface area contributed by atoms with Crippen molar-refractivity contribution in [3.63, 3.8) is 0 Å². The van der Waals surface area contributed by atoms with Gasteiger partial charge in [0.05, 0.1) is 0 Å². The van der Waals surface area contributed by atoms with Gasteiger partial charge in [0.1, 0.15) is 5.60 Å². The molecule has 1 aliphatic rings. The van der Waals surface area contributed by atoms with Crippen LogP contribution < -0.4 is 5.73 Å². The van der Waals surface area contributed by atoms with Gasteiger partial charge in [-0.3, -0.25) is 0 Å². The number of ether oxygens (including phenoxy) is 1. The highest BCUT2D eigenvalue weighted by molar-refractivity contribution is 5.11. The van der Waals surface area contributed by atoms with Gasteiger partial charge in [0.15, 0.2) is 5.82 Å². The number of hydrogen-bond acceptors (Lipinski definition) is 4. The van der Waals surface area contributed by atoms with Crippen LogP contribution in [0.15, 0.2) is 12.4 Å².